The van der Waals surface area contributed by atoms with E-state index >= 15 is 0 Å². The van der Waals surface area contributed by atoms with Crippen LogP contribution in [-0.4, -0.2) is 27.3 Å². The molecule has 0 spiro atoms. The fraction of sp³-hybridized carbons (Fsp3) is 0.450. The van der Waals surface area contributed by atoms with E-state index in [9.17, 15) is 9.59 Å². The molecule has 2 heterocycles. The minimum Gasteiger partial charge on any atom is -0.337 e. The molecule has 0 radical (unpaired) electrons. The van der Waals surface area contributed by atoms with Crippen molar-refractivity contribution in [2.24, 2.45) is 0 Å². The summed E-state index contributed by atoms with van der Waals surface area (Å²) in [6.07, 6.45) is 6.03. The predicted octanol–water partition coefficient (Wildman–Crippen LogP) is 2.48. The van der Waals surface area contributed by atoms with Crippen LogP contribution in [0.4, 0.5) is 0 Å². The van der Waals surface area contributed by atoms with Gasteiger partial charge in [0.2, 0.25) is 5.91 Å². The number of amides is 1. The van der Waals surface area contributed by atoms with Gasteiger partial charge >= 0.3 is 0 Å². The maximum Gasteiger partial charge on any atom is 0.255 e. The Labute approximate surface area is 147 Å². The van der Waals surface area contributed by atoms with Crippen LogP contribution < -0.4 is 5.56 Å². The zero-order valence-electron chi connectivity index (χ0n) is 14.5. The largest absolute Gasteiger partial charge is 0.337 e. The number of aromatic nitrogens is 2. The molecule has 1 aliphatic carbocycles. The number of benzene rings is 1. The van der Waals surface area contributed by atoms with Crippen molar-refractivity contribution in [1.29, 1.82) is 0 Å². The van der Waals surface area contributed by atoms with E-state index < -0.39 is 5.41 Å². The molecule has 2 aliphatic rings. The Morgan fingerprint density at radius 1 is 1.24 bits per heavy atom. The van der Waals surface area contributed by atoms with Crippen LogP contribution in [0, 0.1) is 6.92 Å². The molecule has 0 saturated heterocycles. The number of hydrogen-bond donors (Lipinski definition) is 1. The number of H-pyrrole nitrogens is 1. The highest BCUT2D eigenvalue weighted by molar-refractivity contribution is 5.89. The van der Waals surface area contributed by atoms with E-state index in [-0.39, 0.29) is 11.5 Å². The van der Waals surface area contributed by atoms with Gasteiger partial charge in [0, 0.05) is 13.0 Å². The van der Waals surface area contributed by atoms with Crippen LogP contribution in [0.2, 0.25) is 0 Å². The molecule has 2 aromatic rings. The van der Waals surface area contributed by atoms with Crippen molar-refractivity contribution in [2.45, 2.75) is 51.0 Å². The zero-order valence-corrected chi connectivity index (χ0v) is 14.5. The second kappa shape index (κ2) is 6.14. The average molecular weight is 337 g/mol. The number of aryl methyl sites for hydroxylation is 1. The van der Waals surface area contributed by atoms with Gasteiger partial charge in [0.15, 0.2) is 0 Å². The van der Waals surface area contributed by atoms with Crippen LogP contribution in [0.5, 0.6) is 0 Å². The smallest absolute Gasteiger partial charge is 0.255 e. The summed E-state index contributed by atoms with van der Waals surface area (Å²) in [6.45, 7) is 3.09. The van der Waals surface area contributed by atoms with Crippen LogP contribution in [0.25, 0.3) is 0 Å². The quantitative estimate of drug-likeness (QED) is 0.915. The lowest BCUT2D eigenvalue weighted by Crippen LogP contribution is -2.48. The molecule has 25 heavy (non-hydrogen) atoms. The van der Waals surface area contributed by atoms with Crippen molar-refractivity contribution < 1.29 is 4.79 Å². The summed E-state index contributed by atoms with van der Waals surface area (Å²) in [5, 5.41) is 0. The second-order valence-electron chi connectivity index (χ2n) is 7.24. The fourth-order valence-corrected chi connectivity index (χ4v) is 4.52. The van der Waals surface area contributed by atoms with Crippen LogP contribution in [0.3, 0.4) is 0 Å². The first-order valence-corrected chi connectivity index (χ1v) is 9.03. The summed E-state index contributed by atoms with van der Waals surface area (Å²) < 4.78 is 0. The maximum atomic E-state index is 13.6. The third-order valence-corrected chi connectivity index (χ3v) is 5.82. The highest BCUT2D eigenvalue weighted by Gasteiger charge is 2.46. The minimum absolute atomic E-state index is 0.126. The van der Waals surface area contributed by atoms with E-state index in [2.05, 4.69) is 29.0 Å². The van der Waals surface area contributed by atoms with Crippen molar-refractivity contribution in [3.05, 3.63) is 63.3 Å². The average Bonchev–Trinajstić information content (AvgIpc) is 3.12. The van der Waals surface area contributed by atoms with E-state index in [1.54, 1.807) is 0 Å². The third kappa shape index (κ3) is 2.58. The molecule has 1 saturated carbocycles. The summed E-state index contributed by atoms with van der Waals surface area (Å²) in [4.78, 5) is 34.5. The van der Waals surface area contributed by atoms with Crippen molar-refractivity contribution in [3.8, 4) is 0 Å². The topological polar surface area (TPSA) is 66.1 Å². The Morgan fingerprint density at radius 3 is 2.76 bits per heavy atom. The monoisotopic (exact) mass is 337 g/mol. The van der Waals surface area contributed by atoms with Gasteiger partial charge < -0.3 is 9.88 Å². The SMILES string of the molecule is Cc1ccccc1C1(C(=O)N2CCc3nc[nH]c(=O)c3C2)CCCC1. The maximum absolute atomic E-state index is 13.6. The van der Waals surface area contributed by atoms with E-state index in [4.69, 9.17) is 0 Å². The number of carbonyl (C=O) groups is 1. The van der Waals surface area contributed by atoms with Gasteiger partial charge in [-0.1, -0.05) is 37.1 Å². The molecule has 1 aliphatic heterocycles. The van der Waals surface area contributed by atoms with Gasteiger partial charge in [0.25, 0.3) is 5.56 Å². The van der Waals surface area contributed by atoms with Gasteiger partial charge in [-0.05, 0) is 30.9 Å². The third-order valence-electron chi connectivity index (χ3n) is 5.82. The molecular weight excluding hydrogens is 314 g/mol. The Balaban J connectivity index is 1.71. The molecule has 1 amide bonds. The molecule has 1 N–H and O–H groups in total. The normalized spacial score (nSPS) is 18.8. The molecular formula is C20H23N3O2. The summed E-state index contributed by atoms with van der Waals surface area (Å²) >= 11 is 0. The second-order valence-corrected chi connectivity index (χ2v) is 7.24. The number of fused-ring (bicyclic) bond motifs is 1. The lowest BCUT2D eigenvalue weighted by Gasteiger charge is -2.37. The van der Waals surface area contributed by atoms with Crippen LogP contribution in [0.1, 0.15) is 48.1 Å². The van der Waals surface area contributed by atoms with Crippen molar-refractivity contribution in [1.82, 2.24) is 14.9 Å². The Hall–Kier alpha value is -2.43. The van der Waals surface area contributed by atoms with E-state index in [1.807, 2.05) is 17.0 Å². The molecule has 1 aromatic heterocycles. The molecule has 4 rings (SSSR count). The number of rotatable bonds is 2. The zero-order chi connectivity index (χ0) is 17.4. The number of nitrogens with zero attached hydrogens (tertiary/aromatic N) is 2. The number of hydrogen-bond acceptors (Lipinski definition) is 3. The first-order chi connectivity index (χ1) is 12.1. The van der Waals surface area contributed by atoms with Crippen molar-refractivity contribution in [2.75, 3.05) is 6.54 Å². The standard InChI is InChI=1S/C20H23N3O2/c1-14-6-2-3-7-16(14)20(9-4-5-10-20)19(25)23-11-8-17-15(12-23)18(24)22-13-21-17/h2-3,6-7,13H,4-5,8-12H2,1H3,(H,21,22,24). The molecule has 1 fully saturated rings. The van der Waals surface area contributed by atoms with Crippen LogP contribution in [0.15, 0.2) is 35.4 Å². The van der Waals surface area contributed by atoms with Crippen molar-refractivity contribution >= 4 is 5.91 Å². The van der Waals surface area contributed by atoms with E-state index in [0.717, 1.165) is 36.9 Å². The summed E-state index contributed by atoms with van der Waals surface area (Å²) in [7, 11) is 0. The molecule has 1 aromatic carbocycles. The molecule has 0 bridgehead atoms. The highest BCUT2D eigenvalue weighted by atomic mass is 16.2. The number of nitrogens with one attached hydrogen (secondary N) is 1. The van der Waals surface area contributed by atoms with E-state index in [0.29, 0.717) is 25.1 Å². The number of aromatic amines is 1. The fourth-order valence-electron chi connectivity index (χ4n) is 4.52. The van der Waals surface area contributed by atoms with Gasteiger partial charge in [-0.25, -0.2) is 4.98 Å². The summed E-state index contributed by atoms with van der Waals surface area (Å²) in [5.74, 6) is 0.174. The van der Waals surface area contributed by atoms with Gasteiger partial charge in [-0.15, -0.1) is 0 Å². The molecule has 0 unspecified atom stereocenters. The van der Waals surface area contributed by atoms with Gasteiger partial charge in [0.1, 0.15) is 0 Å². The summed E-state index contributed by atoms with van der Waals surface area (Å²) in [5.41, 5.74) is 3.23. The van der Waals surface area contributed by atoms with Crippen LogP contribution >= 0.6 is 0 Å². The summed E-state index contributed by atoms with van der Waals surface area (Å²) in [6, 6.07) is 8.23. The van der Waals surface area contributed by atoms with Gasteiger partial charge in [-0.2, -0.15) is 0 Å². The number of carbonyl (C=O) groups excluding carboxylic acids is 1. The molecule has 130 valence electrons. The highest BCUT2D eigenvalue weighted by Crippen LogP contribution is 2.44. The Morgan fingerprint density at radius 2 is 2.00 bits per heavy atom. The molecule has 5 heteroatoms. The van der Waals surface area contributed by atoms with E-state index in [1.165, 1.54) is 11.9 Å². The Bertz CT molecular complexity index is 865. The Kier molecular flexibility index (Phi) is 3.94. The lowest BCUT2D eigenvalue weighted by molar-refractivity contribution is -0.138. The molecule has 0 atom stereocenters. The first kappa shape index (κ1) is 16.1. The lowest BCUT2D eigenvalue weighted by atomic mass is 9.75. The predicted molar refractivity (Wildman–Crippen MR) is 95.3 cm³/mol. The first-order valence-electron chi connectivity index (χ1n) is 9.03. The van der Waals surface area contributed by atoms with Gasteiger partial charge in [-0.3, -0.25) is 9.59 Å². The van der Waals surface area contributed by atoms with Crippen molar-refractivity contribution in [3.63, 3.8) is 0 Å². The minimum atomic E-state index is -0.433. The molecule has 5 nitrogen and oxygen atoms in total. The van der Waals surface area contributed by atoms with Crippen LogP contribution in [-0.2, 0) is 23.2 Å². The van der Waals surface area contributed by atoms with Gasteiger partial charge in [0.05, 0.1) is 29.5 Å².